The van der Waals surface area contributed by atoms with Crippen LogP contribution >= 0.6 is 0 Å². The van der Waals surface area contributed by atoms with Crippen molar-refractivity contribution >= 4 is 22.7 Å². The molecule has 0 unspecified atom stereocenters. The molecule has 0 aliphatic rings. The standard InChI is InChI=1S/C22H25N3O4/c1-5-6-7-29-22(27)13-25-12-19(14(2)26)18-8-17(21(28-4)9-20(18)25)16-10-23-15(3)24-11-16/h8-12H,5-7,13H2,1-4H3. The van der Waals surface area contributed by atoms with Crippen LogP contribution in [0, 0.1) is 6.92 Å². The van der Waals surface area contributed by atoms with Crippen LogP contribution in [0.5, 0.6) is 5.75 Å². The van der Waals surface area contributed by atoms with Gasteiger partial charge in [0.2, 0.25) is 0 Å². The molecular formula is C22H25N3O4. The van der Waals surface area contributed by atoms with Crippen molar-refractivity contribution in [3.63, 3.8) is 0 Å². The number of carbonyl (C=O) groups is 2. The van der Waals surface area contributed by atoms with Crippen molar-refractivity contribution in [2.24, 2.45) is 0 Å². The van der Waals surface area contributed by atoms with Crippen LogP contribution in [0.2, 0.25) is 0 Å². The average molecular weight is 395 g/mol. The van der Waals surface area contributed by atoms with E-state index < -0.39 is 0 Å². The first kappa shape index (κ1) is 20.5. The van der Waals surface area contributed by atoms with Gasteiger partial charge in [0.25, 0.3) is 0 Å². The van der Waals surface area contributed by atoms with Gasteiger partial charge < -0.3 is 14.0 Å². The third-order valence-corrected chi connectivity index (χ3v) is 4.73. The van der Waals surface area contributed by atoms with E-state index in [4.69, 9.17) is 9.47 Å². The Hall–Kier alpha value is -3.22. The van der Waals surface area contributed by atoms with E-state index in [1.807, 2.05) is 26.0 Å². The highest BCUT2D eigenvalue weighted by molar-refractivity contribution is 6.08. The monoisotopic (exact) mass is 395 g/mol. The zero-order chi connectivity index (χ0) is 21.0. The number of ketones is 1. The van der Waals surface area contributed by atoms with Gasteiger partial charge in [-0.15, -0.1) is 0 Å². The topological polar surface area (TPSA) is 83.3 Å². The second-order valence-corrected chi connectivity index (χ2v) is 6.89. The first-order chi connectivity index (χ1) is 13.9. The predicted molar refractivity (Wildman–Crippen MR) is 110 cm³/mol. The summed E-state index contributed by atoms with van der Waals surface area (Å²) in [5, 5.41) is 0.746. The second kappa shape index (κ2) is 8.86. The molecule has 0 fully saturated rings. The second-order valence-electron chi connectivity index (χ2n) is 6.89. The Morgan fingerprint density at radius 3 is 2.52 bits per heavy atom. The molecule has 0 saturated heterocycles. The third kappa shape index (κ3) is 4.45. The van der Waals surface area contributed by atoms with E-state index in [1.165, 1.54) is 6.92 Å². The fourth-order valence-electron chi connectivity index (χ4n) is 3.17. The van der Waals surface area contributed by atoms with Gasteiger partial charge in [-0.1, -0.05) is 13.3 Å². The lowest BCUT2D eigenvalue weighted by molar-refractivity contribution is -0.144. The summed E-state index contributed by atoms with van der Waals surface area (Å²) in [7, 11) is 1.58. The molecule has 0 atom stereocenters. The smallest absolute Gasteiger partial charge is 0.325 e. The predicted octanol–water partition coefficient (Wildman–Crippen LogP) is 3.96. The number of ether oxygens (including phenoxy) is 2. The highest BCUT2D eigenvalue weighted by Gasteiger charge is 2.18. The summed E-state index contributed by atoms with van der Waals surface area (Å²) in [4.78, 5) is 32.9. The molecule has 3 aromatic rings. The summed E-state index contributed by atoms with van der Waals surface area (Å²) in [6.07, 6.45) is 6.93. The lowest BCUT2D eigenvalue weighted by Crippen LogP contribution is -2.13. The molecule has 7 heteroatoms. The quantitative estimate of drug-likeness (QED) is 0.326. The molecule has 0 aliphatic carbocycles. The van der Waals surface area contributed by atoms with Crippen molar-refractivity contribution in [1.82, 2.24) is 14.5 Å². The molecule has 7 nitrogen and oxygen atoms in total. The van der Waals surface area contributed by atoms with Crippen molar-refractivity contribution in [1.29, 1.82) is 0 Å². The number of carbonyl (C=O) groups excluding carboxylic acids is 2. The maximum Gasteiger partial charge on any atom is 0.325 e. The van der Waals surface area contributed by atoms with Gasteiger partial charge in [0.15, 0.2) is 5.78 Å². The number of hydrogen-bond donors (Lipinski definition) is 0. The van der Waals surface area contributed by atoms with Crippen molar-refractivity contribution in [2.75, 3.05) is 13.7 Å². The molecule has 0 spiro atoms. The normalized spacial score (nSPS) is 10.9. The highest BCUT2D eigenvalue weighted by atomic mass is 16.5. The van der Waals surface area contributed by atoms with E-state index in [2.05, 4.69) is 9.97 Å². The third-order valence-electron chi connectivity index (χ3n) is 4.73. The van der Waals surface area contributed by atoms with Gasteiger partial charge in [0.1, 0.15) is 18.1 Å². The number of Topliss-reactive ketones (excluding diaryl/α,β-unsaturated/α-hetero) is 1. The Morgan fingerprint density at radius 2 is 1.90 bits per heavy atom. The van der Waals surface area contributed by atoms with Crippen molar-refractivity contribution in [2.45, 2.75) is 40.2 Å². The summed E-state index contributed by atoms with van der Waals surface area (Å²) in [6, 6.07) is 3.72. The van der Waals surface area contributed by atoms with Crippen LogP contribution in [0.4, 0.5) is 0 Å². The summed E-state index contributed by atoms with van der Waals surface area (Å²) in [5.41, 5.74) is 2.84. The number of fused-ring (bicyclic) bond motifs is 1. The SMILES string of the molecule is CCCCOC(=O)Cn1cc(C(C)=O)c2cc(-c3cnc(C)nc3)c(OC)cc21. The molecule has 2 aromatic heterocycles. The highest BCUT2D eigenvalue weighted by Crippen LogP contribution is 2.36. The first-order valence-electron chi connectivity index (χ1n) is 9.61. The summed E-state index contributed by atoms with van der Waals surface area (Å²) < 4.78 is 12.6. The van der Waals surface area contributed by atoms with Gasteiger partial charge in [0, 0.05) is 46.7 Å². The molecule has 3 rings (SSSR count). The number of benzene rings is 1. The zero-order valence-electron chi connectivity index (χ0n) is 17.2. The van der Waals surface area contributed by atoms with Gasteiger partial charge in [0.05, 0.1) is 19.2 Å². The Balaban J connectivity index is 2.07. The molecule has 152 valence electrons. The fraction of sp³-hybridized carbons (Fsp3) is 0.364. The molecule has 0 bridgehead atoms. The van der Waals surface area contributed by atoms with Gasteiger partial charge in [-0.3, -0.25) is 9.59 Å². The number of unbranched alkanes of at least 4 members (excludes halogenated alkanes) is 1. The van der Waals surface area contributed by atoms with Crippen molar-refractivity contribution < 1.29 is 19.1 Å². The van der Waals surface area contributed by atoms with E-state index in [9.17, 15) is 9.59 Å². The Kier molecular flexibility index (Phi) is 6.26. The fourth-order valence-corrected chi connectivity index (χ4v) is 3.17. The van der Waals surface area contributed by atoms with Gasteiger partial charge in [-0.05, 0) is 26.3 Å². The van der Waals surface area contributed by atoms with Crippen LogP contribution in [0.3, 0.4) is 0 Å². The molecule has 1 aromatic carbocycles. The molecule has 0 radical (unpaired) electrons. The van der Waals surface area contributed by atoms with Crippen LogP contribution < -0.4 is 4.74 Å². The zero-order valence-corrected chi connectivity index (χ0v) is 17.2. The van der Waals surface area contributed by atoms with Crippen LogP contribution in [-0.2, 0) is 16.1 Å². The van der Waals surface area contributed by atoms with E-state index in [-0.39, 0.29) is 18.3 Å². The number of rotatable bonds is 8. The average Bonchev–Trinajstić information content (AvgIpc) is 3.05. The van der Waals surface area contributed by atoms with E-state index in [1.54, 1.807) is 30.3 Å². The maximum atomic E-state index is 12.2. The Labute approximate surface area is 169 Å². The number of methoxy groups -OCH3 is 1. The number of hydrogen-bond acceptors (Lipinski definition) is 6. The number of esters is 1. The van der Waals surface area contributed by atoms with Gasteiger partial charge in [-0.25, -0.2) is 9.97 Å². The number of aryl methyl sites for hydroxylation is 1. The van der Waals surface area contributed by atoms with Crippen molar-refractivity contribution in [3.8, 4) is 16.9 Å². The van der Waals surface area contributed by atoms with Crippen LogP contribution in [0.15, 0.2) is 30.7 Å². The maximum absolute atomic E-state index is 12.2. The molecule has 2 heterocycles. The van der Waals surface area contributed by atoms with Gasteiger partial charge in [-0.2, -0.15) is 0 Å². The minimum atomic E-state index is -0.333. The molecule has 0 aliphatic heterocycles. The van der Waals surface area contributed by atoms with E-state index in [0.717, 1.165) is 34.9 Å². The Bertz CT molecular complexity index is 1040. The summed E-state index contributed by atoms with van der Waals surface area (Å²) in [6.45, 7) is 5.79. The van der Waals surface area contributed by atoms with E-state index in [0.29, 0.717) is 23.7 Å². The minimum absolute atomic E-state index is 0.0314. The van der Waals surface area contributed by atoms with Crippen LogP contribution in [-0.4, -0.2) is 40.0 Å². The lowest BCUT2D eigenvalue weighted by Gasteiger charge is -2.11. The van der Waals surface area contributed by atoms with Crippen LogP contribution in [0.25, 0.3) is 22.0 Å². The largest absolute Gasteiger partial charge is 0.496 e. The minimum Gasteiger partial charge on any atom is -0.496 e. The lowest BCUT2D eigenvalue weighted by atomic mass is 10.0. The summed E-state index contributed by atoms with van der Waals surface area (Å²) in [5.74, 6) is 0.870. The summed E-state index contributed by atoms with van der Waals surface area (Å²) >= 11 is 0. The molecule has 29 heavy (non-hydrogen) atoms. The molecular weight excluding hydrogens is 370 g/mol. The number of nitrogens with zero attached hydrogens (tertiary/aromatic N) is 3. The first-order valence-corrected chi connectivity index (χ1v) is 9.61. The van der Waals surface area contributed by atoms with Gasteiger partial charge >= 0.3 is 5.97 Å². The van der Waals surface area contributed by atoms with E-state index >= 15 is 0 Å². The number of aromatic nitrogens is 3. The Morgan fingerprint density at radius 1 is 1.17 bits per heavy atom. The van der Waals surface area contributed by atoms with Crippen molar-refractivity contribution in [3.05, 3.63) is 42.1 Å². The molecule has 0 saturated carbocycles. The molecule has 0 amide bonds. The molecule has 0 N–H and O–H groups in total. The van der Waals surface area contributed by atoms with Crippen LogP contribution in [0.1, 0.15) is 42.9 Å².